The second kappa shape index (κ2) is 14.1. The van der Waals surface area contributed by atoms with E-state index >= 15 is 0 Å². The number of nitro groups is 1. The van der Waals surface area contributed by atoms with E-state index < -0.39 is 4.92 Å². The summed E-state index contributed by atoms with van der Waals surface area (Å²) in [7, 11) is 3.41. The summed E-state index contributed by atoms with van der Waals surface area (Å²) in [5, 5.41) is 17.1. The minimum Gasteiger partial charge on any atom is -0.355 e. The Balaban J connectivity index is 0.00000841. The molecule has 1 aromatic rings. The lowest BCUT2D eigenvalue weighted by Crippen LogP contribution is -2.47. The van der Waals surface area contributed by atoms with Crippen LogP contribution in [0.15, 0.2) is 29.3 Å². The quantitative estimate of drug-likeness (QED) is 0.157. The van der Waals surface area contributed by atoms with Crippen LogP contribution in [0.3, 0.4) is 0 Å². The molecule has 9 nitrogen and oxygen atoms in total. The fourth-order valence-corrected chi connectivity index (χ4v) is 2.80. The van der Waals surface area contributed by atoms with Gasteiger partial charge in [-0.05, 0) is 33.3 Å². The number of halogens is 1. The molecular weight excluding hydrogens is 499 g/mol. The number of non-ortho nitro benzene ring substituents is 1. The highest BCUT2D eigenvalue weighted by atomic mass is 127. The molecule has 0 aliphatic rings. The van der Waals surface area contributed by atoms with Gasteiger partial charge < -0.3 is 15.5 Å². The first-order valence-electron chi connectivity index (χ1n) is 9.83. The molecule has 1 aromatic carbocycles. The van der Waals surface area contributed by atoms with Crippen molar-refractivity contribution in [1.29, 1.82) is 0 Å². The number of likely N-dealkylation sites (N-methyl/N-ethyl adjacent to an activating group) is 1. The predicted molar refractivity (Wildman–Crippen MR) is 131 cm³/mol. The normalized spacial score (nSPS) is 11.4. The molecular formula is C20H35IN6O3. The van der Waals surface area contributed by atoms with Crippen LogP contribution in [-0.4, -0.2) is 72.4 Å². The summed E-state index contributed by atoms with van der Waals surface area (Å²) < 4.78 is 0. The summed E-state index contributed by atoms with van der Waals surface area (Å²) in [6.45, 7) is 10.7. The van der Waals surface area contributed by atoms with E-state index in [2.05, 4.69) is 48.2 Å². The number of nitrogens with one attached hydrogen (secondary N) is 2. The number of hydrogen-bond donors (Lipinski definition) is 2. The minimum atomic E-state index is -0.427. The highest BCUT2D eigenvalue weighted by molar-refractivity contribution is 14.0. The van der Waals surface area contributed by atoms with Crippen LogP contribution in [-0.2, 0) is 11.3 Å². The molecule has 2 N–H and O–H groups in total. The van der Waals surface area contributed by atoms with Crippen LogP contribution < -0.4 is 10.6 Å². The lowest BCUT2D eigenvalue weighted by molar-refractivity contribution is -0.384. The Morgan fingerprint density at radius 3 is 2.13 bits per heavy atom. The van der Waals surface area contributed by atoms with Gasteiger partial charge in [0.1, 0.15) is 0 Å². The third-order valence-electron chi connectivity index (χ3n) is 4.46. The molecule has 1 amide bonds. The standard InChI is InChI=1S/C20H34N6O3.HI/c1-15(2)25(16(3)4)12-11-21-20(23-14-19(27)24(5)6)22-13-17-7-9-18(10-8-17)26(28)29;/h7-10,15-16H,11-14H2,1-6H3,(H2,21,22,23);1H. The number of guanidine groups is 1. The SMILES string of the molecule is CC(C)N(CCNC(=NCc1ccc([N+](=O)[O-])cc1)NCC(=O)N(C)C)C(C)C.I. The Hall–Kier alpha value is -1.95. The van der Waals surface area contributed by atoms with E-state index in [1.54, 1.807) is 26.2 Å². The number of amides is 1. The molecule has 0 bridgehead atoms. The summed E-state index contributed by atoms with van der Waals surface area (Å²) in [5.74, 6) is 0.479. The number of nitrogens with zero attached hydrogens (tertiary/aromatic N) is 4. The molecule has 0 aliphatic carbocycles. The van der Waals surface area contributed by atoms with Crippen molar-refractivity contribution < 1.29 is 9.72 Å². The monoisotopic (exact) mass is 534 g/mol. The number of benzene rings is 1. The van der Waals surface area contributed by atoms with E-state index in [9.17, 15) is 14.9 Å². The molecule has 0 aliphatic heterocycles. The number of aliphatic imine (C=N–C) groups is 1. The van der Waals surface area contributed by atoms with Crippen molar-refractivity contribution in [2.45, 2.75) is 46.3 Å². The maximum Gasteiger partial charge on any atom is 0.269 e. The van der Waals surface area contributed by atoms with Gasteiger partial charge in [0, 0.05) is 51.4 Å². The molecule has 0 saturated carbocycles. The molecule has 10 heteroatoms. The smallest absolute Gasteiger partial charge is 0.269 e. The van der Waals surface area contributed by atoms with Gasteiger partial charge in [0.2, 0.25) is 5.91 Å². The van der Waals surface area contributed by atoms with Crippen LogP contribution in [0, 0.1) is 10.1 Å². The highest BCUT2D eigenvalue weighted by Crippen LogP contribution is 2.12. The fourth-order valence-electron chi connectivity index (χ4n) is 2.80. The van der Waals surface area contributed by atoms with Gasteiger partial charge in [0.05, 0.1) is 18.0 Å². The van der Waals surface area contributed by atoms with Gasteiger partial charge in [-0.25, -0.2) is 4.99 Å². The number of carbonyl (C=O) groups is 1. The Kier molecular flexibility index (Phi) is 13.2. The summed E-state index contributed by atoms with van der Waals surface area (Å²) in [5.41, 5.74) is 0.898. The van der Waals surface area contributed by atoms with Crippen LogP contribution in [0.1, 0.15) is 33.3 Å². The maximum absolute atomic E-state index is 11.9. The summed E-state index contributed by atoms with van der Waals surface area (Å²) >= 11 is 0. The van der Waals surface area contributed by atoms with Gasteiger partial charge in [0.15, 0.2) is 5.96 Å². The highest BCUT2D eigenvalue weighted by Gasteiger charge is 2.13. The van der Waals surface area contributed by atoms with Gasteiger partial charge in [0.25, 0.3) is 5.69 Å². The topological polar surface area (TPSA) is 103 Å². The zero-order chi connectivity index (χ0) is 22.0. The zero-order valence-corrected chi connectivity index (χ0v) is 21.0. The van der Waals surface area contributed by atoms with Crippen molar-refractivity contribution in [2.24, 2.45) is 4.99 Å². The average Bonchev–Trinajstić information content (AvgIpc) is 2.65. The molecule has 0 unspecified atom stereocenters. The van der Waals surface area contributed by atoms with Crippen molar-refractivity contribution in [3.63, 3.8) is 0 Å². The molecule has 0 saturated heterocycles. The van der Waals surface area contributed by atoms with Crippen LogP contribution >= 0.6 is 24.0 Å². The van der Waals surface area contributed by atoms with E-state index in [0.717, 1.165) is 12.1 Å². The number of hydrogen-bond acceptors (Lipinski definition) is 5. The minimum absolute atomic E-state index is 0. The van der Waals surface area contributed by atoms with E-state index in [1.165, 1.54) is 17.0 Å². The van der Waals surface area contributed by atoms with E-state index in [0.29, 0.717) is 31.1 Å². The maximum atomic E-state index is 11.9. The van der Waals surface area contributed by atoms with E-state index in [-0.39, 0.29) is 42.1 Å². The van der Waals surface area contributed by atoms with Crippen LogP contribution in [0.5, 0.6) is 0 Å². The first kappa shape index (κ1) is 28.1. The van der Waals surface area contributed by atoms with Gasteiger partial charge in [-0.2, -0.15) is 0 Å². The lowest BCUT2D eigenvalue weighted by Gasteiger charge is -2.30. The van der Waals surface area contributed by atoms with E-state index in [1.807, 2.05) is 0 Å². The lowest BCUT2D eigenvalue weighted by atomic mass is 10.2. The van der Waals surface area contributed by atoms with Crippen LogP contribution in [0.25, 0.3) is 0 Å². The first-order chi connectivity index (χ1) is 13.6. The summed E-state index contributed by atoms with van der Waals surface area (Å²) in [6.07, 6.45) is 0. The zero-order valence-electron chi connectivity index (χ0n) is 18.7. The molecule has 1 rings (SSSR count). The second-order valence-electron chi connectivity index (χ2n) is 7.58. The average molecular weight is 534 g/mol. The molecule has 0 fully saturated rings. The molecule has 0 atom stereocenters. The second-order valence-corrected chi connectivity index (χ2v) is 7.58. The third kappa shape index (κ3) is 10.2. The Morgan fingerprint density at radius 1 is 1.10 bits per heavy atom. The molecule has 0 aromatic heterocycles. The van der Waals surface area contributed by atoms with Crippen LogP contribution in [0.2, 0.25) is 0 Å². The number of carbonyl (C=O) groups excluding carboxylic acids is 1. The number of rotatable bonds is 10. The van der Waals surface area contributed by atoms with E-state index in [4.69, 9.17) is 0 Å². The third-order valence-corrected chi connectivity index (χ3v) is 4.46. The Labute approximate surface area is 196 Å². The summed E-state index contributed by atoms with van der Waals surface area (Å²) in [4.78, 5) is 30.6. The molecule has 0 spiro atoms. The van der Waals surface area contributed by atoms with Gasteiger partial charge in [-0.15, -0.1) is 24.0 Å². The first-order valence-corrected chi connectivity index (χ1v) is 9.83. The summed E-state index contributed by atoms with van der Waals surface area (Å²) in [6, 6.07) is 7.16. The van der Waals surface area contributed by atoms with Crippen LogP contribution in [0.4, 0.5) is 5.69 Å². The van der Waals surface area contributed by atoms with Crippen molar-refractivity contribution >= 4 is 41.5 Å². The van der Waals surface area contributed by atoms with Gasteiger partial charge >= 0.3 is 0 Å². The van der Waals surface area contributed by atoms with Crippen molar-refractivity contribution in [3.05, 3.63) is 39.9 Å². The molecule has 0 heterocycles. The van der Waals surface area contributed by atoms with Crippen molar-refractivity contribution in [1.82, 2.24) is 20.4 Å². The molecule has 170 valence electrons. The fraction of sp³-hybridized carbons (Fsp3) is 0.600. The van der Waals surface area contributed by atoms with Crippen molar-refractivity contribution in [3.8, 4) is 0 Å². The Morgan fingerprint density at radius 2 is 1.67 bits per heavy atom. The largest absolute Gasteiger partial charge is 0.355 e. The van der Waals surface area contributed by atoms with Gasteiger partial charge in [-0.1, -0.05) is 12.1 Å². The molecule has 30 heavy (non-hydrogen) atoms. The Bertz CT molecular complexity index is 684. The van der Waals surface area contributed by atoms with Gasteiger partial charge in [-0.3, -0.25) is 19.8 Å². The molecule has 0 radical (unpaired) electrons. The van der Waals surface area contributed by atoms with Crippen molar-refractivity contribution in [2.75, 3.05) is 33.7 Å². The predicted octanol–water partition coefficient (Wildman–Crippen LogP) is 2.46. The number of nitro benzene ring substituents is 1.